The molecule has 3 aromatic heterocycles. The van der Waals surface area contributed by atoms with Crippen LogP contribution in [0.3, 0.4) is 0 Å². The predicted molar refractivity (Wildman–Crippen MR) is 88.8 cm³/mol. The first-order valence-electron chi connectivity index (χ1n) is 7.55. The second-order valence-electron chi connectivity index (χ2n) is 5.33. The molecule has 0 saturated heterocycles. The molecule has 0 spiro atoms. The van der Waals surface area contributed by atoms with E-state index in [4.69, 9.17) is 13.3 Å². The molecule has 4 rings (SSSR count). The Balaban J connectivity index is 1.53. The van der Waals surface area contributed by atoms with E-state index in [0.717, 1.165) is 11.3 Å². The predicted octanol–water partition coefficient (Wildman–Crippen LogP) is 4.15. The molecule has 7 heteroatoms. The van der Waals surface area contributed by atoms with E-state index in [0.29, 0.717) is 17.1 Å². The van der Waals surface area contributed by atoms with Gasteiger partial charge < -0.3 is 13.3 Å². The van der Waals surface area contributed by atoms with Crippen molar-refractivity contribution in [3.8, 4) is 23.0 Å². The highest BCUT2D eigenvalue weighted by Crippen LogP contribution is 2.24. The summed E-state index contributed by atoms with van der Waals surface area (Å²) >= 11 is 0. The van der Waals surface area contributed by atoms with Crippen molar-refractivity contribution in [1.29, 1.82) is 0 Å². The van der Waals surface area contributed by atoms with Crippen LogP contribution in [0.5, 0.6) is 0 Å². The van der Waals surface area contributed by atoms with Crippen LogP contribution >= 0.6 is 0 Å². The van der Waals surface area contributed by atoms with Gasteiger partial charge in [0.1, 0.15) is 11.5 Å². The van der Waals surface area contributed by atoms with E-state index in [1.165, 1.54) is 6.26 Å². The molecule has 0 atom stereocenters. The quantitative estimate of drug-likeness (QED) is 0.602. The van der Waals surface area contributed by atoms with Crippen molar-refractivity contribution in [3.05, 3.63) is 66.1 Å². The van der Waals surface area contributed by atoms with Crippen LogP contribution in [0, 0.1) is 6.92 Å². The van der Waals surface area contributed by atoms with Crippen molar-refractivity contribution in [2.75, 3.05) is 5.32 Å². The zero-order valence-corrected chi connectivity index (χ0v) is 13.2. The van der Waals surface area contributed by atoms with E-state index < -0.39 is 0 Å². The number of hydrogen-bond donors (Lipinski definition) is 1. The molecule has 4 aromatic rings. The Labute approximate surface area is 142 Å². The molecule has 0 aliphatic carbocycles. The number of hydrogen-bond acceptors (Lipinski definition) is 6. The normalized spacial score (nSPS) is 10.8. The van der Waals surface area contributed by atoms with Crippen LogP contribution in [0.4, 0.5) is 6.01 Å². The van der Waals surface area contributed by atoms with Crippen molar-refractivity contribution in [3.63, 3.8) is 0 Å². The van der Waals surface area contributed by atoms with E-state index in [1.54, 1.807) is 30.3 Å². The highest BCUT2D eigenvalue weighted by Gasteiger charge is 2.15. The van der Waals surface area contributed by atoms with Gasteiger partial charge in [-0.15, -0.1) is 5.10 Å². The van der Waals surface area contributed by atoms with E-state index in [1.807, 2.05) is 25.1 Å². The number of aryl methyl sites for hydroxylation is 1. The Bertz CT molecular complexity index is 1010. The van der Waals surface area contributed by atoms with Gasteiger partial charge in [0, 0.05) is 11.1 Å². The van der Waals surface area contributed by atoms with E-state index in [9.17, 15) is 4.79 Å². The molecule has 25 heavy (non-hydrogen) atoms. The first-order valence-corrected chi connectivity index (χ1v) is 7.55. The molecule has 124 valence electrons. The van der Waals surface area contributed by atoms with Crippen molar-refractivity contribution in [2.24, 2.45) is 0 Å². The molecule has 0 unspecified atom stereocenters. The fraction of sp³-hybridized carbons (Fsp3) is 0.0556. The summed E-state index contributed by atoms with van der Waals surface area (Å²) in [6, 6.07) is 14.2. The maximum absolute atomic E-state index is 12.4. The van der Waals surface area contributed by atoms with Crippen LogP contribution in [0.25, 0.3) is 23.0 Å². The van der Waals surface area contributed by atoms with Gasteiger partial charge in [0.25, 0.3) is 11.8 Å². The molecule has 0 bridgehead atoms. The number of benzene rings is 1. The molecular formula is C18H13N3O4. The van der Waals surface area contributed by atoms with Crippen LogP contribution in [0.15, 0.2) is 68.0 Å². The van der Waals surface area contributed by atoms with Gasteiger partial charge in [-0.1, -0.05) is 17.2 Å². The standard InChI is InChI=1S/C18H13N3O4/c1-11-7-8-14(24-11)12-4-2-5-13(10-12)16(22)19-18-21-20-17(25-18)15-6-3-9-23-15/h2-10H,1H3,(H,19,21,22). The zero-order chi connectivity index (χ0) is 17.2. The lowest BCUT2D eigenvalue weighted by atomic mass is 10.1. The number of carbonyl (C=O) groups is 1. The Kier molecular flexibility index (Phi) is 3.66. The SMILES string of the molecule is Cc1ccc(-c2cccc(C(=O)Nc3nnc(-c4ccco4)o3)c2)o1. The molecule has 1 aromatic carbocycles. The summed E-state index contributed by atoms with van der Waals surface area (Å²) in [6.07, 6.45) is 1.50. The molecule has 3 heterocycles. The Morgan fingerprint density at radius 2 is 1.92 bits per heavy atom. The van der Waals surface area contributed by atoms with E-state index in [2.05, 4.69) is 15.5 Å². The highest BCUT2D eigenvalue weighted by molar-refractivity contribution is 6.03. The lowest BCUT2D eigenvalue weighted by Crippen LogP contribution is -2.12. The average Bonchev–Trinajstić information content (AvgIpc) is 3.36. The van der Waals surface area contributed by atoms with Crippen molar-refractivity contribution >= 4 is 11.9 Å². The number of nitrogens with one attached hydrogen (secondary N) is 1. The van der Waals surface area contributed by atoms with Gasteiger partial charge in [0.2, 0.25) is 0 Å². The van der Waals surface area contributed by atoms with Crippen LogP contribution in [-0.4, -0.2) is 16.1 Å². The van der Waals surface area contributed by atoms with Crippen LogP contribution in [-0.2, 0) is 0 Å². The highest BCUT2D eigenvalue weighted by atomic mass is 16.4. The van der Waals surface area contributed by atoms with Gasteiger partial charge >= 0.3 is 6.01 Å². The van der Waals surface area contributed by atoms with Gasteiger partial charge in [-0.3, -0.25) is 10.1 Å². The largest absolute Gasteiger partial charge is 0.461 e. The van der Waals surface area contributed by atoms with Crippen molar-refractivity contribution in [2.45, 2.75) is 6.92 Å². The number of carbonyl (C=O) groups excluding carboxylic acids is 1. The van der Waals surface area contributed by atoms with Gasteiger partial charge in [-0.25, -0.2) is 0 Å². The Hall–Kier alpha value is -3.61. The van der Waals surface area contributed by atoms with Gasteiger partial charge in [-0.2, -0.15) is 0 Å². The third-order valence-electron chi connectivity index (χ3n) is 3.53. The number of nitrogens with zero attached hydrogens (tertiary/aromatic N) is 2. The Morgan fingerprint density at radius 1 is 1.00 bits per heavy atom. The summed E-state index contributed by atoms with van der Waals surface area (Å²) in [5, 5.41) is 10.2. The van der Waals surface area contributed by atoms with Gasteiger partial charge in [-0.05, 0) is 43.3 Å². The molecule has 0 radical (unpaired) electrons. The number of aromatic nitrogens is 2. The van der Waals surface area contributed by atoms with Crippen LogP contribution in [0.1, 0.15) is 16.1 Å². The summed E-state index contributed by atoms with van der Waals surface area (Å²) in [4.78, 5) is 12.4. The smallest absolute Gasteiger partial charge is 0.322 e. The van der Waals surface area contributed by atoms with Crippen molar-refractivity contribution < 1.29 is 18.0 Å². The molecule has 0 saturated carbocycles. The summed E-state index contributed by atoms with van der Waals surface area (Å²) < 4.78 is 16.1. The molecule has 0 fully saturated rings. The van der Waals surface area contributed by atoms with Crippen molar-refractivity contribution in [1.82, 2.24) is 10.2 Å². The second kappa shape index (κ2) is 6.12. The zero-order valence-electron chi connectivity index (χ0n) is 13.2. The summed E-state index contributed by atoms with van der Waals surface area (Å²) in [6.45, 7) is 1.87. The number of furan rings is 2. The van der Waals surface area contributed by atoms with Crippen LogP contribution < -0.4 is 5.32 Å². The van der Waals surface area contributed by atoms with E-state index in [-0.39, 0.29) is 17.8 Å². The first-order chi connectivity index (χ1) is 12.2. The second-order valence-corrected chi connectivity index (χ2v) is 5.33. The van der Waals surface area contributed by atoms with Crippen LogP contribution in [0.2, 0.25) is 0 Å². The summed E-state index contributed by atoms with van der Waals surface area (Å²) in [5.74, 6) is 1.77. The number of anilines is 1. The molecular weight excluding hydrogens is 322 g/mol. The minimum absolute atomic E-state index is 0.00403. The number of rotatable bonds is 4. The number of amides is 1. The summed E-state index contributed by atoms with van der Waals surface area (Å²) in [7, 11) is 0. The molecule has 0 aliphatic heterocycles. The first kappa shape index (κ1) is 14.9. The van der Waals surface area contributed by atoms with Gasteiger partial charge in [0.15, 0.2) is 5.76 Å². The van der Waals surface area contributed by atoms with Gasteiger partial charge in [0.05, 0.1) is 6.26 Å². The molecule has 1 amide bonds. The maximum atomic E-state index is 12.4. The minimum atomic E-state index is -0.361. The maximum Gasteiger partial charge on any atom is 0.322 e. The van der Waals surface area contributed by atoms with E-state index >= 15 is 0 Å². The monoisotopic (exact) mass is 335 g/mol. The molecule has 0 aliphatic rings. The third kappa shape index (κ3) is 3.07. The summed E-state index contributed by atoms with van der Waals surface area (Å²) in [5.41, 5.74) is 1.26. The molecule has 7 nitrogen and oxygen atoms in total. The fourth-order valence-corrected chi connectivity index (χ4v) is 2.35. The lowest BCUT2D eigenvalue weighted by molar-refractivity contribution is 0.102. The fourth-order valence-electron chi connectivity index (χ4n) is 2.35. The Morgan fingerprint density at radius 3 is 2.68 bits per heavy atom. The minimum Gasteiger partial charge on any atom is -0.461 e. The molecule has 1 N–H and O–H groups in total. The topological polar surface area (TPSA) is 94.3 Å². The average molecular weight is 335 g/mol. The lowest BCUT2D eigenvalue weighted by Gasteiger charge is -2.03. The third-order valence-corrected chi connectivity index (χ3v) is 3.53.